The Hall–Kier alpha value is -3.13. The second-order valence-corrected chi connectivity index (χ2v) is 9.24. The number of phenolic OH excluding ortho intramolecular Hbond substituents is 1. The third-order valence-corrected chi connectivity index (χ3v) is 5.60. The fourth-order valence-corrected chi connectivity index (χ4v) is 4.18. The lowest BCUT2D eigenvalue weighted by Gasteiger charge is -2.32. The monoisotopic (exact) mass is 439 g/mol. The summed E-state index contributed by atoms with van der Waals surface area (Å²) in [6.07, 6.45) is 2.92. The first-order valence-electron chi connectivity index (χ1n) is 10.9. The molecule has 1 fully saturated rings. The fraction of sp³-hybridized carbons (Fsp3) is 0.458. The van der Waals surface area contributed by atoms with Crippen molar-refractivity contribution in [1.29, 1.82) is 0 Å². The summed E-state index contributed by atoms with van der Waals surface area (Å²) in [5, 5.41) is 9.85. The molecule has 0 saturated carbocycles. The number of nitrogens with zero attached hydrogens (tertiary/aromatic N) is 3. The second kappa shape index (κ2) is 8.43. The molecule has 170 valence electrons. The average molecular weight is 440 g/mol. The van der Waals surface area contributed by atoms with Crippen molar-refractivity contribution in [3.05, 3.63) is 41.6 Å². The van der Waals surface area contributed by atoms with Gasteiger partial charge in [-0.25, -0.2) is 14.7 Å². The molecule has 32 heavy (non-hydrogen) atoms. The van der Waals surface area contributed by atoms with Crippen LogP contribution in [0.15, 0.2) is 30.5 Å². The summed E-state index contributed by atoms with van der Waals surface area (Å²) >= 11 is 0. The number of hydrogen-bond acceptors (Lipinski definition) is 6. The summed E-state index contributed by atoms with van der Waals surface area (Å²) < 4.78 is 11.1. The highest BCUT2D eigenvalue weighted by molar-refractivity contribution is 6.03. The molecule has 0 bridgehead atoms. The third kappa shape index (κ3) is 4.41. The fourth-order valence-electron chi connectivity index (χ4n) is 4.18. The van der Waals surface area contributed by atoms with Gasteiger partial charge in [-0.3, -0.25) is 4.79 Å². The van der Waals surface area contributed by atoms with Crippen molar-refractivity contribution in [2.75, 3.05) is 23.0 Å². The number of benzene rings is 1. The summed E-state index contributed by atoms with van der Waals surface area (Å²) in [6.45, 7) is 8.45. The number of rotatable bonds is 3. The van der Waals surface area contributed by atoms with E-state index in [0.29, 0.717) is 36.7 Å². The molecule has 1 aromatic carbocycles. The Morgan fingerprint density at radius 3 is 2.62 bits per heavy atom. The van der Waals surface area contributed by atoms with Gasteiger partial charge in [-0.1, -0.05) is 0 Å². The number of phenols is 1. The van der Waals surface area contributed by atoms with E-state index < -0.39 is 11.7 Å². The Morgan fingerprint density at radius 2 is 1.97 bits per heavy atom. The summed E-state index contributed by atoms with van der Waals surface area (Å²) in [6, 6.07) is 6.61. The van der Waals surface area contributed by atoms with E-state index >= 15 is 0 Å². The van der Waals surface area contributed by atoms with Crippen LogP contribution in [0.2, 0.25) is 0 Å². The van der Waals surface area contributed by atoms with Crippen LogP contribution in [0.1, 0.15) is 44.7 Å². The van der Waals surface area contributed by atoms with Gasteiger partial charge in [0, 0.05) is 37.1 Å². The van der Waals surface area contributed by atoms with Crippen molar-refractivity contribution in [2.24, 2.45) is 0 Å². The van der Waals surface area contributed by atoms with Gasteiger partial charge in [0.15, 0.2) is 0 Å². The molecule has 1 N–H and O–H groups in total. The van der Waals surface area contributed by atoms with E-state index in [1.807, 2.05) is 4.90 Å². The largest absolute Gasteiger partial charge is 0.508 e. The van der Waals surface area contributed by atoms with Crippen molar-refractivity contribution in [3.63, 3.8) is 0 Å². The van der Waals surface area contributed by atoms with E-state index in [9.17, 15) is 14.7 Å². The molecule has 0 spiro atoms. The van der Waals surface area contributed by atoms with Crippen LogP contribution in [0.25, 0.3) is 0 Å². The van der Waals surface area contributed by atoms with Crippen LogP contribution in [0, 0.1) is 6.92 Å². The topological polar surface area (TPSA) is 92.2 Å². The molecule has 2 aliphatic rings. The molecule has 0 atom stereocenters. The molecular weight excluding hydrogens is 410 g/mol. The van der Waals surface area contributed by atoms with Crippen LogP contribution in [-0.2, 0) is 20.7 Å². The van der Waals surface area contributed by atoms with Crippen molar-refractivity contribution < 1.29 is 24.2 Å². The Kier molecular flexibility index (Phi) is 5.81. The number of aromatic nitrogens is 1. The zero-order valence-electron chi connectivity index (χ0n) is 18.9. The number of carbonyl (C=O) groups excluding carboxylic acids is 2. The molecule has 0 aliphatic carbocycles. The molecule has 0 radical (unpaired) electrons. The van der Waals surface area contributed by atoms with E-state index in [4.69, 9.17) is 9.47 Å². The zero-order chi connectivity index (χ0) is 23.0. The molecule has 8 heteroatoms. The van der Waals surface area contributed by atoms with Crippen LogP contribution < -0.4 is 9.80 Å². The lowest BCUT2D eigenvalue weighted by atomic mass is 10.1. The van der Waals surface area contributed by atoms with Crippen LogP contribution in [0.4, 0.5) is 22.0 Å². The van der Waals surface area contributed by atoms with E-state index in [1.165, 1.54) is 11.0 Å². The summed E-state index contributed by atoms with van der Waals surface area (Å²) in [5.74, 6) is 0.502. The number of ether oxygens (including phenoxy) is 2. The number of aromatic hydroxyl groups is 1. The maximum Gasteiger partial charge on any atom is 0.420 e. The molecular formula is C24H29N3O5. The Bertz CT molecular complexity index is 1040. The van der Waals surface area contributed by atoms with Gasteiger partial charge in [0.2, 0.25) is 5.91 Å². The number of aryl methyl sites for hydroxylation is 1. The lowest BCUT2D eigenvalue weighted by Crippen LogP contribution is -2.41. The molecule has 8 nitrogen and oxygen atoms in total. The van der Waals surface area contributed by atoms with Crippen molar-refractivity contribution in [1.82, 2.24) is 4.98 Å². The van der Waals surface area contributed by atoms with Gasteiger partial charge in [-0.2, -0.15) is 0 Å². The number of pyridine rings is 1. The maximum atomic E-state index is 13.2. The molecule has 4 rings (SSSR count). The number of carbonyl (C=O) groups is 2. The normalized spacial score (nSPS) is 16.8. The third-order valence-electron chi connectivity index (χ3n) is 5.60. The van der Waals surface area contributed by atoms with Crippen molar-refractivity contribution in [2.45, 2.75) is 58.6 Å². The molecule has 3 heterocycles. The van der Waals surface area contributed by atoms with Gasteiger partial charge < -0.3 is 19.5 Å². The van der Waals surface area contributed by atoms with Crippen molar-refractivity contribution >= 4 is 29.2 Å². The minimum absolute atomic E-state index is 0.0375. The number of amides is 2. The van der Waals surface area contributed by atoms with E-state index in [2.05, 4.69) is 4.98 Å². The number of hydrogen-bond donors (Lipinski definition) is 1. The van der Waals surface area contributed by atoms with Gasteiger partial charge in [-0.15, -0.1) is 0 Å². The SMILES string of the molecule is Cc1cc(O)ccc1N(C(=O)OC(C)(C)C)c1cc2c(cn1)CC(=O)N2C1CCOCC1. The quantitative estimate of drug-likeness (QED) is 0.769. The molecule has 1 aromatic heterocycles. The van der Waals surface area contributed by atoms with Gasteiger partial charge in [0.25, 0.3) is 0 Å². The minimum Gasteiger partial charge on any atom is -0.508 e. The molecule has 1 saturated heterocycles. The molecule has 0 unspecified atom stereocenters. The predicted octanol–water partition coefficient (Wildman–Crippen LogP) is 4.24. The van der Waals surface area contributed by atoms with Gasteiger partial charge >= 0.3 is 6.09 Å². The van der Waals surface area contributed by atoms with Gasteiger partial charge in [0.1, 0.15) is 17.2 Å². The molecule has 2 amide bonds. The highest BCUT2D eigenvalue weighted by Crippen LogP contribution is 2.38. The average Bonchev–Trinajstić information content (AvgIpc) is 3.04. The highest BCUT2D eigenvalue weighted by Gasteiger charge is 2.36. The van der Waals surface area contributed by atoms with Crippen LogP contribution in [0.3, 0.4) is 0 Å². The van der Waals surface area contributed by atoms with E-state index in [1.54, 1.807) is 52.1 Å². The molecule has 2 aromatic rings. The number of fused-ring (bicyclic) bond motifs is 1. The van der Waals surface area contributed by atoms with Crippen LogP contribution in [-0.4, -0.2) is 46.9 Å². The van der Waals surface area contributed by atoms with Crippen molar-refractivity contribution in [3.8, 4) is 5.75 Å². The maximum absolute atomic E-state index is 13.2. The van der Waals surface area contributed by atoms with E-state index in [0.717, 1.165) is 24.1 Å². The van der Waals surface area contributed by atoms with Crippen LogP contribution >= 0.6 is 0 Å². The predicted molar refractivity (Wildman–Crippen MR) is 120 cm³/mol. The van der Waals surface area contributed by atoms with E-state index in [-0.39, 0.29) is 17.7 Å². The first kappa shape index (κ1) is 22.1. The standard InChI is InChI=1S/C24H29N3O5/c1-15-11-18(28)5-6-19(15)27(23(30)32-24(2,3)4)21-13-20-16(14-25-21)12-22(29)26(20)17-7-9-31-10-8-17/h5-6,11,13-14,17,28H,7-10,12H2,1-4H3. The lowest BCUT2D eigenvalue weighted by molar-refractivity contribution is -0.118. The zero-order valence-corrected chi connectivity index (χ0v) is 18.9. The Labute approximate surface area is 187 Å². The first-order valence-corrected chi connectivity index (χ1v) is 10.9. The molecule has 2 aliphatic heterocycles. The smallest absolute Gasteiger partial charge is 0.420 e. The summed E-state index contributed by atoms with van der Waals surface area (Å²) in [5.41, 5.74) is 2.15. The second-order valence-electron chi connectivity index (χ2n) is 9.24. The van der Waals surface area contributed by atoms with Crippen LogP contribution in [0.5, 0.6) is 5.75 Å². The first-order chi connectivity index (χ1) is 15.1. The summed E-state index contributed by atoms with van der Waals surface area (Å²) in [4.78, 5) is 33.8. The Balaban J connectivity index is 1.77. The Morgan fingerprint density at radius 1 is 1.25 bits per heavy atom. The summed E-state index contributed by atoms with van der Waals surface area (Å²) in [7, 11) is 0. The van der Waals surface area contributed by atoms with Gasteiger partial charge in [0.05, 0.1) is 17.8 Å². The minimum atomic E-state index is -0.707. The number of anilines is 3. The highest BCUT2D eigenvalue weighted by atomic mass is 16.6. The van der Waals surface area contributed by atoms with Gasteiger partial charge in [-0.05, 0) is 64.3 Å².